The minimum absolute atomic E-state index is 0.413. The van der Waals surface area contributed by atoms with Gasteiger partial charge in [-0.2, -0.15) is 0 Å². The van der Waals surface area contributed by atoms with Gasteiger partial charge in [-0.25, -0.2) is 0 Å². The van der Waals surface area contributed by atoms with Gasteiger partial charge in [-0.05, 0) is 47.7 Å². The number of amides is 1. The first-order valence-corrected chi connectivity index (χ1v) is 8.73. The molecule has 1 amide bonds. The molecular formula is C21H22ClNO3. The molecule has 5 heteroatoms. The van der Waals surface area contributed by atoms with E-state index in [-0.39, 0.29) is 0 Å². The van der Waals surface area contributed by atoms with Gasteiger partial charge in [0, 0.05) is 18.0 Å². The average Bonchev–Trinajstić information content (AvgIpc) is 2.66. The lowest BCUT2D eigenvalue weighted by atomic mass is 10.0. The molecule has 0 fully saturated rings. The topological polar surface area (TPSA) is 58.6 Å². The van der Waals surface area contributed by atoms with Gasteiger partial charge in [0.15, 0.2) is 6.10 Å². The molecule has 1 atom stereocenters. The van der Waals surface area contributed by atoms with Crippen molar-refractivity contribution in [2.75, 3.05) is 13.7 Å². The summed E-state index contributed by atoms with van der Waals surface area (Å²) in [6, 6.07) is 12.5. The summed E-state index contributed by atoms with van der Waals surface area (Å²) in [6.45, 7) is 0.413. The zero-order valence-corrected chi connectivity index (χ0v) is 15.4. The molecule has 0 spiro atoms. The summed E-state index contributed by atoms with van der Waals surface area (Å²) in [4.78, 5) is 12.1. The number of hydrogen-bond acceptors (Lipinski definition) is 3. The first-order chi connectivity index (χ1) is 12.5. The van der Waals surface area contributed by atoms with Crippen LogP contribution in [0, 0.1) is 12.3 Å². The highest BCUT2D eigenvalue weighted by Gasteiger charge is 2.16. The van der Waals surface area contributed by atoms with Crippen molar-refractivity contribution >= 4 is 17.5 Å². The molecule has 2 rings (SSSR count). The number of carbonyl (C=O) groups excluding carboxylic acids is 1. The first-order valence-electron chi connectivity index (χ1n) is 8.35. The highest BCUT2D eigenvalue weighted by Crippen LogP contribution is 2.22. The zero-order valence-electron chi connectivity index (χ0n) is 14.7. The van der Waals surface area contributed by atoms with Crippen molar-refractivity contribution in [2.45, 2.75) is 25.4 Å². The van der Waals surface area contributed by atoms with Crippen LogP contribution >= 0.6 is 11.6 Å². The summed E-state index contributed by atoms with van der Waals surface area (Å²) in [7, 11) is 1.63. The minimum atomic E-state index is -1.21. The smallest absolute Gasteiger partial charge is 0.253 e. The predicted octanol–water partition coefficient (Wildman–Crippen LogP) is 3.31. The summed E-state index contributed by atoms with van der Waals surface area (Å²) in [5, 5.41) is 13.4. The molecule has 0 saturated heterocycles. The zero-order chi connectivity index (χ0) is 18.9. The van der Waals surface area contributed by atoms with Crippen LogP contribution in [0.15, 0.2) is 42.5 Å². The van der Waals surface area contributed by atoms with E-state index in [9.17, 15) is 9.90 Å². The van der Waals surface area contributed by atoms with E-state index in [1.54, 1.807) is 31.4 Å². The van der Waals surface area contributed by atoms with Gasteiger partial charge in [0.05, 0.1) is 7.11 Å². The Labute approximate surface area is 159 Å². The summed E-state index contributed by atoms with van der Waals surface area (Å²) in [5.41, 5.74) is 2.61. The van der Waals surface area contributed by atoms with Gasteiger partial charge in [0.2, 0.25) is 0 Å². The molecule has 26 heavy (non-hydrogen) atoms. The number of rotatable bonds is 8. The molecule has 0 heterocycles. The Kier molecular flexibility index (Phi) is 7.53. The van der Waals surface area contributed by atoms with Crippen LogP contribution in [0.5, 0.6) is 5.75 Å². The number of carbonyl (C=O) groups is 1. The predicted molar refractivity (Wildman–Crippen MR) is 103 cm³/mol. The van der Waals surface area contributed by atoms with E-state index in [1.807, 2.05) is 18.2 Å². The summed E-state index contributed by atoms with van der Waals surface area (Å²) in [6.07, 6.45) is 6.15. The van der Waals surface area contributed by atoms with Crippen molar-refractivity contribution < 1.29 is 14.6 Å². The van der Waals surface area contributed by atoms with E-state index in [4.69, 9.17) is 22.8 Å². The van der Waals surface area contributed by atoms with Crippen molar-refractivity contribution in [2.24, 2.45) is 0 Å². The second-order valence-corrected chi connectivity index (χ2v) is 6.28. The molecule has 0 aliphatic rings. The molecule has 1 unspecified atom stereocenters. The van der Waals surface area contributed by atoms with Crippen LogP contribution in [0.4, 0.5) is 0 Å². The summed E-state index contributed by atoms with van der Waals surface area (Å²) < 4.78 is 5.41. The molecule has 0 aromatic heterocycles. The van der Waals surface area contributed by atoms with Crippen LogP contribution in [-0.2, 0) is 17.6 Å². The standard InChI is InChI=1S/C21H22ClNO3/c1-3-4-5-16-7-6-15(14-19(16)26-2)12-13-23-21(25)20(24)17-8-10-18(22)11-9-17/h1,6-11,14,20,24H,4-5,12-13H2,2H3,(H,23,25). The maximum absolute atomic E-state index is 12.1. The number of hydrogen-bond donors (Lipinski definition) is 2. The van der Waals surface area contributed by atoms with E-state index >= 15 is 0 Å². The highest BCUT2D eigenvalue weighted by molar-refractivity contribution is 6.30. The van der Waals surface area contributed by atoms with Crippen molar-refractivity contribution in [3.05, 3.63) is 64.2 Å². The third-order valence-corrected chi connectivity index (χ3v) is 4.29. The van der Waals surface area contributed by atoms with Gasteiger partial charge < -0.3 is 15.2 Å². The van der Waals surface area contributed by atoms with E-state index in [2.05, 4.69) is 11.2 Å². The molecule has 2 aromatic rings. The average molecular weight is 372 g/mol. The number of nitrogens with one attached hydrogen (secondary N) is 1. The first kappa shape index (κ1) is 19.8. The van der Waals surface area contributed by atoms with Crippen LogP contribution in [0.1, 0.15) is 29.2 Å². The SMILES string of the molecule is C#CCCc1ccc(CCNC(=O)C(O)c2ccc(Cl)cc2)cc1OC. The molecular weight excluding hydrogens is 350 g/mol. The Morgan fingerprint density at radius 1 is 1.27 bits per heavy atom. The van der Waals surface area contributed by atoms with Crippen LogP contribution in [0.2, 0.25) is 5.02 Å². The number of aryl methyl sites for hydroxylation is 1. The number of ether oxygens (including phenoxy) is 1. The minimum Gasteiger partial charge on any atom is -0.496 e. The Morgan fingerprint density at radius 3 is 2.65 bits per heavy atom. The lowest BCUT2D eigenvalue weighted by Crippen LogP contribution is -2.30. The third-order valence-electron chi connectivity index (χ3n) is 4.04. The molecule has 2 aromatic carbocycles. The number of methoxy groups -OCH3 is 1. The number of benzene rings is 2. The Hall–Kier alpha value is -2.48. The monoisotopic (exact) mass is 371 g/mol. The van der Waals surface area contributed by atoms with E-state index in [0.29, 0.717) is 30.0 Å². The van der Waals surface area contributed by atoms with Crippen molar-refractivity contribution in [1.29, 1.82) is 0 Å². The number of aliphatic hydroxyl groups is 1. The number of terminal acetylenes is 1. The van der Waals surface area contributed by atoms with Crippen molar-refractivity contribution in [1.82, 2.24) is 5.32 Å². The fraction of sp³-hybridized carbons (Fsp3) is 0.286. The van der Waals surface area contributed by atoms with Crippen LogP contribution in [0.25, 0.3) is 0 Å². The summed E-state index contributed by atoms with van der Waals surface area (Å²) in [5.74, 6) is 2.98. The Bertz CT molecular complexity index is 781. The highest BCUT2D eigenvalue weighted by atomic mass is 35.5. The lowest BCUT2D eigenvalue weighted by molar-refractivity contribution is -0.129. The third kappa shape index (κ3) is 5.52. The van der Waals surface area contributed by atoms with Crippen molar-refractivity contribution in [3.63, 3.8) is 0 Å². The molecule has 136 valence electrons. The van der Waals surface area contributed by atoms with E-state index < -0.39 is 12.0 Å². The van der Waals surface area contributed by atoms with Crippen LogP contribution in [0.3, 0.4) is 0 Å². The molecule has 0 bridgehead atoms. The lowest BCUT2D eigenvalue weighted by Gasteiger charge is -2.13. The normalized spacial score (nSPS) is 11.5. The Balaban J connectivity index is 1.89. The second kappa shape index (κ2) is 9.86. The fourth-order valence-electron chi connectivity index (χ4n) is 2.58. The quantitative estimate of drug-likeness (QED) is 0.700. The van der Waals surface area contributed by atoms with Gasteiger partial charge in [-0.3, -0.25) is 4.79 Å². The maximum Gasteiger partial charge on any atom is 0.253 e. The molecule has 0 aliphatic heterocycles. The molecule has 0 radical (unpaired) electrons. The number of halogens is 1. The largest absolute Gasteiger partial charge is 0.496 e. The maximum atomic E-state index is 12.1. The van der Waals surface area contributed by atoms with Gasteiger partial charge >= 0.3 is 0 Å². The molecule has 4 nitrogen and oxygen atoms in total. The second-order valence-electron chi connectivity index (χ2n) is 5.85. The van der Waals surface area contributed by atoms with Crippen LogP contribution < -0.4 is 10.1 Å². The molecule has 0 aliphatic carbocycles. The Morgan fingerprint density at radius 2 is 2.00 bits per heavy atom. The molecule has 2 N–H and O–H groups in total. The van der Waals surface area contributed by atoms with E-state index in [1.165, 1.54) is 0 Å². The fourth-order valence-corrected chi connectivity index (χ4v) is 2.71. The van der Waals surface area contributed by atoms with Gasteiger partial charge in [-0.1, -0.05) is 35.9 Å². The van der Waals surface area contributed by atoms with Crippen molar-refractivity contribution in [3.8, 4) is 18.1 Å². The van der Waals surface area contributed by atoms with E-state index in [0.717, 1.165) is 23.3 Å². The van der Waals surface area contributed by atoms with Gasteiger partial charge in [0.25, 0.3) is 5.91 Å². The van der Waals surface area contributed by atoms with Gasteiger partial charge in [-0.15, -0.1) is 12.3 Å². The number of aliphatic hydroxyl groups excluding tert-OH is 1. The van der Waals surface area contributed by atoms with Gasteiger partial charge in [0.1, 0.15) is 5.75 Å². The molecule has 0 saturated carbocycles. The summed E-state index contributed by atoms with van der Waals surface area (Å²) >= 11 is 5.81. The van der Waals surface area contributed by atoms with Crippen LogP contribution in [-0.4, -0.2) is 24.7 Å².